The van der Waals surface area contributed by atoms with Crippen LogP contribution in [0.5, 0.6) is 5.75 Å². The van der Waals surface area contributed by atoms with E-state index in [0.29, 0.717) is 5.75 Å². The van der Waals surface area contributed by atoms with Gasteiger partial charge in [-0.1, -0.05) is 48.5 Å². The Labute approximate surface area is 192 Å². The van der Waals surface area contributed by atoms with Crippen LogP contribution >= 0.6 is 11.3 Å². The molecule has 0 fully saturated rings. The van der Waals surface area contributed by atoms with E-state index in [4.69, 9.17) is 9.72 Å². The van der Waals surface area contributed by atoms with E-state index in [9.17, 15) is 8.42 Å². The van der Waals surface area contributed by atoms with Crippen molar-refractivity contribution in [2.24, 2.45) is 0 Å². The van der Waals surface area contributed by atoms with Gasteiger partial charge in [-0.25, -0.2) is 18.1 Å². The van der Waals surface area contributed by atoms with Gasteiger partial charge in [-0.15, -0.1) is 11.3 Å². The highest BCUT2D eigenvalue weighted by molar-refractivity contribution is 7.89. The smallest absolute Gasteiger partial charge is 0.244 e. The number of benzene rings is 3. The summed E-state index contributed by atoms with van der Waals surface area (Å²) in [6.07, 6.45) is 0. The van der Waals surface area contributed by atoms with Crippen molar-refractivity contribution in [2.45, 2.75) is 25.3 Å². The number of ether oxygens (including phenoxy) is 1. The van der Waals surface area contributed by atoms with Crippen LogP contribution in [-0.4, -0.2) is 20.5 Å². The second kappa shape index (κ2) is 9.24. The third-order valence-electron chi connectivity index (χ3n) is 5.28. The number of sulfonamides is 1. The van der Waals surface area contributed by atoms with E-state index in [0.717, 1.165) is 38.5 Å². The summed E-state index contributed by atoms with van der Waals surface area (Å²) in [6.45, 7) is 3.98. The largest absolute Gasteiger partial charge is 0.495 e. The summed E-state index contributed by atoms with van der Waals surface area (Å²) in [7, 11) is -2.26. The summed E-state index contributed by atoms with van der Waals surface area (Å²) in [5.74, 6) is 0.338. The van der Waals surface area contributed by atoms with Crippen LogP contribution < -0.4 is 9.46 Å². The van der Waals surface area contributed by atoms with Crippen LogP contribution in [0.2, 0.25) is 0 Å². The van der Waals surface area contributed by atoms with Crippen molar-refractivity contribution in [3.05, 3.63) is 88.8 Å². The molecule has 4 aromatic rings. The second-order valence-electron chi connectivity index (χ2n) is 7.52. The van der Waals surface area contributed by atoms with Crippen LogP contribution in [0.15, 0.2) is 77.0 Å². The number of aryl methyl sites for hydroxylation is 2. The lowest BCUT2D eigenvalue weighted by atomic mass is 10.1. The van der Waals surface area contributed by atoms with Crippen LogP contribution in [0.3, 0.4) is 0 Å². The molecule has 1 aromatic heterocycles. The van der Waals surface area contributed by atoms with Gasteiger partial charge >= 0.3 is 0 Å². The van der Waals surface area contributed by atoms with Gasteiger partial charge < -0.3 is 4.74 Å². The molecule has 0 radical (unpaired) electrons. The minimum Gasteiger partial charge on any atom is -0.495 e. The Bertz CT molecular complexity index is 1350. The van der Waals surface area contributed by atoms with E-state index < -0.39 is 10.0 Å². The zero-order chi connectivity index (χ0) is 22.7. The van der Waals surface area contributed by atoms with E-state index in [-0.39, 0.29) is 11.4 Å². The fraction of sp³-hybridized carbons (Fsp3) is 0.160. The Kier molecular flexibility index (Phi) is 6.41. The van der Waals surface area contributed by atoms with Crippen LogP contribution in [-0.2, 0) is 16.6 Å². The van der Waals surface area contributed by atoms with Crippen LogP contribution in [0.25, 0.3) is 21.8 Å². The SMILES string of the molecule is COc1cc(C)c(C)cc1S(=O)(=O)NCc1cccc(-c2nc(-c3ccccc3)cs2)c1. The predicted octanol–water partition coefficient (Wildman–Crippen LogP) is 5.58. The minimum atomic E-state index is -3.74. The molecule has 0 bridgehead atoms. The summed E-state index contributed by atoms with van der Waals surface area (Å²) in [5.41, 5.74) is 5.68. The van der Waals surface area contributed by atoms with Gasteiger partial charge in [-0.05, 0) is 48.7 Å². The third-order valence-corrected chi connectivity index (χ3v) is 7.60. The first-order valence-corrected chi connectivity index (χ1v) is 12.5. The number of nitrogens with zero attached hydrogens (tertiary/aromatic N) is 1. The van der Waals surface area contributed by atoms with Crippen molar-refractivity contribution >= 4 is 21.4 Å². The lowest BCUT2D eigenvalue weighted by molar-refractivity contribution is 0.402. The molecule has 3 aromatic carbocycles. The number of methoxy groups -OCH3 is 1. The molecule has 0 unspecified atom stereocenters. The van der Waals surface area contributed by atoms with E-state index in [1.807, 2.05) is 73.8 Å². The molecule has 0 aliphatic heterocycles. The molecule has 0 saturated carbocycles. The van der Waals surface area contributed by atoms with Crippen LogP contribution in [0.1, 0.15) is 16.7 Å². The Morgan fingerprint density at radius 2 is 1.66 bits per heavy atom. The number of aromatic nitrogens is 1. The molecule has 0 amide bonds. The maximum Gasteiger partial charge on any atom is 0.244 e. The molecule has 5 nitrogen and oxygen atoms in total. The number of thiazole rings is 1. The molecular formula is C25H24N2O3S2. The quantitative estimate of drug-likeness (QED) is 0.388. The van der Waals surface area contributed by atoms with Gasteiger partial charge in [0.25, 0.3) is 0 Å². The highest BCUT2D eigenvalue weighted by Gasteiger charge is 2.20. The van der Waals surface area contributed by atoms with Gasteiger partial charge in [0.1, 0.15) is 15.7 Å². The molecule has 0 aliphatic rings. The summed E-state index contributed by atoms with van der Waals surface area (Å²) in [6, 6.07) is 21.2. The molecule has 164 valence electrons. The van der Waals surface area contributed by atoms with E-state index >= 15 is 0 Å². The molecule has 0 spiro atoms. The summed E-state index contributed by atoms with van der Waals surface area (Å²) in [5, 5.41) is 2.93. The Hall–Kier alpha value is -3.00. The number of nitrogens with one attached hydrogen (secondary N) is 1. The van der Waals surface area contributed by atoms with Gasteiger partial charge in [0, 0.05) is 23.1 Å². The Morgan fingerprint density at radius 1 is 0.938 bits per heavy atom. The molecule has 0 atom stereocenters. The lowest BCUT2D eigenvalue weighted by Crippen LogP contribution is -2.24. The first kappa shape index (κ1) is 22.2. The zero-order valence-electron chi connectivity index (χ0n) is 18.1. The van der Waals surface area contributed by atoms with E-state index in [2.05, 4.69) is 4.72 Å². The topological polar surface area (TPSA) is 68.3 Å². The van der Waals surface area contributed by atoms with E-state index in [1.165, 1.54) is 7.11 Å². The van der Waals surface area contributed by atoms with Crippen LogP contribution in [0.4, 0.5) is 0 Å². The molecule has 4 rings (SSSR count). The average molecular weight is 465 g/mol. The van der Waals surface area contributed by atoms with Crippen molar-refractivity contribution in [3.8, 4) is 27.6 Å². The molecule has 7 heteroatoms. The molecule has 0 aliphatic carbocycles. The third kappa shape index (κ3) is 4.75. The van der Waals surface area contributed by atoms with Gasteiger partial charge in [0.15, 0.2) is 0 Å². The highest BCUT2D eigenvalue weighted by atomic mass is 32.2. The van der Waals surface area contributed by atoms with Crippen molar-refractivity contribution in [2.75, 3.05) is 7.11 Å². The van der Waals surface area contributed by atoms with Gasteiger partial charge in [0.05, 0.1) is 12.8 Å². The second-order valence-corrected chi connectivity index (χ2v) is 10.1. The number of hydrogen-bond acceptors (Lipinski definition) is 5. The molecular weight excluding hydrogens is 440 g/mol. The highest BCUT2D eigenvalue weighted by Crippen LogP contribution is 2.30. The standard InChI is InChI=1S/C25H24N2O3S2/c1-17-12-23(30-3)24(13-18(17)2)32(28,29)26-15-19-8-7-11-21(14-19)25-27-22(16-31-25)20-9-5-4-6-10-20/h4-14,16,26H,15H2,1-3H3. The van der Waals surface area contributed by atoms with Crippen molar-refractivity contribution in [3.63, 3.8) is 0 Å². The maximum atomic E-state index is 13.0. The van der Waals surface area contributed by atoms with Gasteiger partial charge in [-0.3, -0.25) is 0 Å². The van der Waals surface area contributed by atoms with Crippen LogP contribution in [0, 0.1) is 13.8 Å². The molecule has 32 heavy (non-hydrogen) atoms. The van der Waals surface area contributed by atoms with Gasteiger partial charge in [0.2, 0.25) is 10.0 Å². The summed E-state index contributed by atoms with van der Waals surface area (Å²) in [4.78, 5) is 4.90. The average Bonchev–Trinajstić information content (AvgIpc) is 3.30. The molecule has 1 N–H and O–H groups in total. The van der Waals surface area contributed by atoms with Crippen molar-refractivity contribution < 1.29 is 13.2 Å². The Balaban J connectivity index is 1.54. The van der Waals surface area contributed by atoms with Crippen molar-refractivity contribution in [1.82, 2.24) is 9.71 Å². The van der Waals surface area contributed by atoms with Crippen molar-refractivity contribution in [1.29, 1.82) is 0 Å². The summed E-state index contributed by atoms with van der Waals surface area (Å²) >= 11 is 1.57. The number of rotatable bonds is 7. The molecule has 0 saturated heterocycles. The first-order valence-electron chi connectivity index (χ1n) is 10.1. The monoisotopic (exact) mass is 464 g/mol. The predicted molar refractivity (Wildman–Crippen MR) is 129 cm³/mol. The number of hydrogen-bond donors (Lipinski definition) is 1. The first-order chi connectivity index (χ1) is 15.4. The zero-order valence-corrected chi connectivity index (χ0v) is 19.8. The normalized spacial score (nSPS) is 11.5. The fourth-order valence-corrected chi connectivity index (χ4v) is 5.43. The fourth-order valence-electron chi connectivity index (χ4n) is 3.35. The van der Waals surface area contributed by atoms with Gasteiger partial charge in [-0.2, -0.15) is 0 Å². The Morgan fingerprint density at radius 3 is 2.41 bits per heavy atom. The van der Waals surface area contributed by atoms with E-state index in [1.54, 1.807) is 23.5 Å². The minimum absolute atomic E-state index is 0.145. The lowest BCUT2D eigenvalue weighted by Gasteiger charge is -2.13. The summed E-state index contributed by atoms with van der Waals surface area (Å²) < 4.78 is 33.9. The maximum absolute atomic E-state index is 13.0. The molecule has 1 heterocycles.